The van der Waals surface area contributed by atoms with Crippen LogP contribution < -0.4 is 19.7 Å². The van der Waals surface area contributed by atoms with Crippen LogP contribution in [0.3, 0.4) is 0 Å². The predicted molar refractivity (Wildman–Crippen MR) is 130 cm³/mol. The van der Waals surface area contributed by atoms with E-state index >= 15 is 0 Å². The fourth-order valence-electron chi connectivity index (χ4n) is 5.68. The summed E-state index contributed by atoms with van der Waals surface area (Å²) in [6.07, 6.45) is 1.68. The number of anilines is 2. The lowest BCUT2D eigenvalue weighted by Gasteiger charge is -2.33. The molecule has 1 N–H and O–H groups in total. The maximum atomic E-state index is 13.9. The van der Waals surface area contributed by atoms with Gasteiger partial charge in [0, 0.05) is 11.8 Å². The highest BCUT2D eigenvalue weighted by Gasteiger charge is 2.65. The largest absolute Gasteiger partial charge is 0.454 e. The highest BCUT2D eigenvalue weighted by Crippen LogP contribution is 2.53. The van der Waals surface area contributed by atoms with Gasteiger partial charge in [0.25, 0.3) is 0 Å². The molecule has 0 radical (unpaired) electrons. The number of imide groups is 1. The molecule has 0 bridgehead atoms. The van der Waals surface area contributed by atoms with Gasteiger partial charge in [-0.15, -0.1) is 0 Å². The summed E-state index contributed by atoms with van der Waals surface area (Å²) in [5, 5.41) is 9.09. The van der Waals surface area contributed by atoms with Crippen molar-refractivity contribution in [1.82, 2.24) is 5.01 Å². The number of hydrogen-bond donors (Lipinski definition) is 1. The van der Waals surface area contributed by atoms with Gasteiger partial charge >= 0.3 is 0 Å². The minimum absolute atomic E-state index is 0.0828. The number of rotatable bonds is 3. The van der Waals surface area contributed by atoms with Gasteiger partial charge in [-0.3, -0.25) is 19.4 Å². The van der Waals surface area contributed by atoms with E-state index in [4.69, 9.17) is 9.47 Å². The van der Waals surface area contributed by atoms with E-state index in [1.807, 2.05) is 42.5 Å². The van der Waals surface area contributed by atoms with Gasteiger partial charge in [0.2, 0.25) is 24.5 Å². The first kappa shape index (κ1) is 20.7. The van der Waals surface area contributed by atoms with Gasteiger partial charge in [-0.1, -0.05) is 42.5 Å². The summed E-state index contributed by atoms with van der Waals surface area (Å²) in [6.45, 7) is 0.0828. The Morgan fingerprint density at radius 3 is 2.50 bits per heavy atom. The zero-order valence-electron chi connectivity index (χ0n) is 18.9. The van der Waals surface area contributed by atoms with E-state index in [0.29, 0.717) is 22.9 Å². The lowest BCUT2D eigenvalue weighted by molar-refractivity contribution is -0.129. The predicted octanol–water partition coefficient (Wildman–Crippen LogP) is 2.93. The monoisotopic (exact) mass is 480 g/mol. The number of ether oxygens (including phenoxy) is 2. The zero-order valence-corrected chi connectivity index (χ0v) is 18.9. The third kappa shape index (κ3) is 2.89. The van der Waals surface area contributed by atoms with Crippen molar-refractivity contribution in [2.75, 3.05) is 17.0 Å². The minimum Gasteiger partial charge on any atom is -0.454 e. The molecule has 7 rings (SSSR count). The molecule has 4 aliphatic rings. The number of carbonyl (C=O) groups excluding carboxylic acids is 3. The maximum Gasteiger partial charge on any atom is 0.249 e. The Kier molecular flexibility index (Phi) is 4.41. The summed E-state index contributed by atoms with van der Waals surface area (Å²) in [6, 6.07) is 20.1. The first-order valence-electron chi connectivity index (χ1n) is 11.7. The number of carbonyl (C=O) groups is 3. The summed E-state index contributed by atoms with van der Waals surface area (Å²) < 4.78 is 10.8. The molecule has 178 valence electrons. The molecular weight excluding hydrogens is 460 g/mol. The number of nitrogens with one attached hydrogen (secondary N) is 1. The Bertz CT molecular complexity index is 1460. The molecule has 2 saturated heterocycles. The lowest BCUT2D eigenvalue weighted by atomic mass is 9.85. The summed E-state index contributed by atoms with van der Waals surface area (Å²) in [4.78, 5) is 42.6. The number of para-hydroxylation sites is 1. The van der Waals surface area contributed by atoms with Crippen molar-refractivity contribution in [3.05, 3.63) is 83.9 Å². The molecule has 4 atom stereocenters. The first-order valence-corrected chi connectivity index (χ1v) is 11.7. The molecule has 0 spiro atoms. The van der Waals surface area contributed by atoms with Crippen LogP contribution >= 0.6 is 0 Å². The molecule has 0 aromatic heterocycles. The maximum absolute atomic E-state index is 13.9. The zero-order chi connectivity index (χ0) is 24.4. The summed E-state index contributed by atoms with van der Waals surface area (Å²) in [5.41, 5.74) is 2.73. The van der Waals surface area contributed by atoms with Crippen molar-refractivity contribution < 1.29 is 23.9 Å². The van der Waals surface area contributed by atoms with Crippen LogP contribution in [0.25, 0.3) is 0 Å². The summed E-state index contributed by atoms with van der Waals surface area (Å²) >= 11 is 0. The molecule has 0 saturated carbocycles. The van der Waals surface area contributed by atoms with Gasteiger partial charge in [0.1, 0.15) is 6.04 Å². The van der Waals surface area contributed by atoms with Gasteiger partial charge in [-0.2, -0.15) is 5.10 Å². The average Bonchev–Trinajstić information content (AvgIpc) is 3.57. The fourth-order valence-corrected chi connectivity index (χ4v) is 5.68. The molecule has 9 heteroatoms. The molecule has 4 heterocycles. The molecule has 3 aromatic carbocycles. The molecule has 0 aliphatic carbocycles. The van der Waals surface area contributed by atoms with Crippen LogP contribution in [0.1, 0.15) is 17.2 Å². The van der Waals surface area contributed by atoms with Crippen molar-refractivity contribution >= 4 is 35.3 Å². The number of amides is 3. The van der Waals surface area contributed by atoms with Crippen LogP contribution in [0.15, 0.2) is 77.9 Å². The quantitative estimate of drug-likeness (QED) is 0.579. The van der Waals surface area contributed by atoms with Crippen LogP contribution in [0.4, 0.5) is 11.4 Å². The molecule has 36 heavy (non-hydrogen) atoms. The Labute approximate surface area is 205 Å². The van der Waals surface area contributed by atoms with Gasteiger partial charge in [-0.25, -0.2) is 4.90 Å². The average molecular weight is 480 g/mol. The van der Waals surface area contributed by atoms with E-state index in [0.717, 1.165) is 11.1 Å². The molecule has 3 aromatic rings. The smallest absolute Gasteiger partial charge is 0.249 e. The van der Waals surface area contributed by atoms with E-state index in [1.165, 1.54) is 4.90 Å². The summed E-state index contributed by atoms with van der Waals surface area (Å²) in [7, 11) is 0. The van der Waals surface area contributed by atoms with Crippen molar-refractivity contribution in [2.45, 2.75) is 12.1 Å². The highest BCUT2D eigenvalue weighted by atomic mass is 16.7. The molecular formula is C27H20N4O5. The second-order valence-electron chi connectivity index (χ2n) is 9.10. The van der Waals surface area contributed by atoms with E-state index in [-0.39, 0.29) is 18.6 Å². The van der Waals surface area contributed by atoms with Crippen LogP contribution in [0, 0.1) is 11.8 Å². The molecule has 2 fully saturated rings. The third-order valence-corrected chi connectivity index (χ3v) is 7.22. The fraction of sp³-hybridized carbons (Fsp3) is 0.185. The van der Waals surface area contributed by atoms with E-state index in [2.05, 4.69) is 10.4 Å². The van der Waals surface area contributed by atoms with E-state index < -0.39 is 29.8 Å². The third-order valence-electron chi connectivity index (χ3n) is 7.22. The Balaban J connectivity index is 1.32. The van der Waals surface area contributed by atoms with E-state index in [9.17, 15) is 14.4 Å². The number of nitrogens with zero attached hydrogens (tertiary/aromatic N) is 3. The molecule has 1 unspecified atom stereocenters. The molecule has 9 nitrogen and oxygen atoms in total. The first-order chi connectivity index (χ1) is 17.6. The van der Waals surface area contributed by atoms with Gasteiger partial charge in [-0.05, 0) is 35.4 Å². The Hall–Kier alpha value is -4.66. The SMILES string of the molecule is O=C(Nc1ccccc1)[C@H]1[C@H]2C(=O)N(c3ccc4c(c3)OCO4)C(=O)[C@H]2C2c3ccccc3C=NN21. The molecule has 4 aliphatic heterocycles. The standard InChI is InChI=1S/C27H20N4O5/c32-25(29-16-7-2-1-3-8-16)24-22-21(23-18-9-5-4-6-15(18)13-28-31(23)24)26(33)30(27(22)34)17-10-11-19-20(12-17)36-14-35-19/h1-13,21-24H,14H2,(H,29,32)/t21-,22+,23?,24-/m1/s1. The van der Waals surface area contributed by atoms with E-state index in [1.54, 1.807) is 41.6 Å². The topological polar surface area (TPSA) is 101 Å². The minimum atomic E-state index is -0.958. The van der Waals surface area contributed by atoms with Crippen LogP contribution in [-0.2, 0) is 14.4 Å². The van der Waals surface area contributed by atoms with Crippen molar-refractivity contribution in [3.63, 3.8) is 0 Å². The van der Waals surface area contributed by atoms with Gasteiger partial charge in [0.15, 0.2) is 11.5 Å². The van der Waals surface area contributed by atoms with Crippen molar-refractivity contribution in [2.24, 2.45) is 16.9 Å². The van der Waals surface area contributed by atoms with Crippen LogP contribution in [-0.4, -0.2) is 41.8 Å². The second-order valence-corrected chi connectivity index (χ2v) is 9.10. The van der Waals surface area contributed by atoms with Crippen LogP contribution in [0.2, 0.25) is 0 Å². The van der Waals surface area contributed by atoms with Crippen molar-refractivity contribution in [1.29, 1.82) is 0 Å². The number of hydrazone groups is 1. The normalized spacial score (nSPS) is 25.0. The number of benzene rings is 3. The number of hydrogen-bond acceptors (Lipinski definition) is 7. The number of fused-ring (bicyclic) bond motifs is 6. The highest BCUT2D eigenvalue weighted by molar-refractivity contribution is 6.24. The van der Waals surface area contributed by atoms with Gasteiger partial charge in [0.05, 0.1) is 29.8 Å². The lowest BCUT2D eigenvalue weighted by Crippen LogP contribution is -2.46. The Morgan fingerprint density at radius 1 is 0.889 bits per heavy atom. The second kappa shape index (κ2) is 7.67. The Morgan fingerprint density at radius 2 is 1.64 bits per heavy atom. The molecule has 3 amide bonds. The van der Waals surface area contributed by atoms with Crippen LogP contribution in [0.5, 0.6) is 11.5 Å². The summed E-state index contributed by atoms with van der Waals surface area (Å²) in [5.74, 6) is -1.82. The van der Waals surface area contributed by atoms with Gasteiger partial charge < -0.3 is 14.8 Å². The van der Waals surface area contributed by atoms with Crippen molar-refractivity contribution in [3.8, 4) is 11.5 Å².